The standard InChI is InChI=1S/C18H16F3NO3/c1-11-17(23)22(14-7-4-6-13(9-14)18(19,20)21)10-12-5-3-8-15(24-2)16(12)25-11/h3-9,11H,10H2,1-2H3/t11-/m1/s1. The molecule has 0 aromatic heterocycles. The van der Waals surface area contributed by atoms with Crippen molar-refractivity contribution >= 4 is 11.6 Å². The lowest BCUT2D eigenvalue weighted by molar-refractivity contribution is -0.137. The van der Waals surface area contributed by atoms with Crippen molar-refractivity contribution in [2.75, 3.05) is 12.0 Å². The highest BCUT2D eigenvalue weighted by molar-refractivity contribution is 5.97. The lowest BCUT2D eigenvalue weighted by atomic mass is 10.1. The Morgan fingerprint density at radius 1 is 1.20 bits per heavy atom. The number of nitrogens with zero attached hydrogens (tertiary/aromatic N) is 1. The van der Waals surface area contributed by atoms with Gasteiger partial charge in [0, 0.05) is 11.3 Å². The van der Waals surface area contributed by atoms with E-state index in [9.17, 15) is 18.0 Å². The van der Waals surface area contributed by atoms with Crippen LogP contribution < -0.4 is 14.4 Å². The number of hydrogen-bond donors (Lipinski definition) is 0. The largest absolute Gasteiger partial charge is 0.493 e. The van der Waals surface area contributed by atoms with Crippen LogP contribution in [0.25, 0.3) is 0 Å². The van der Waals surface area contributed by atoms with Crippen molar-refractivity contribution in [1.29, 1.82) is 0 Å². The van der Waals surface area contributed by atoms with Crippen LogP contribution in [0, 0.1) is 0 Å². The Morgan fingerprint density at radius 2 is 1.92 bits per heavy atom. The van der Waals surface area contributed by atoms with E-state index in [0.29, 0.717) is 17.1 Å². The van der Waals surface area contributed by atoms with E-state index in [0.717, 1.165) is 12.1 Å². The Morgan fingerprint density at radius 3 is 2.60 bits per heavy atom. The van der Waals surface area contributed by atoms with Crippen LogP contribution in [0.2, 0.25) is 0 Å². The molecule has 1 amide bonds. The predicted octanol–water partition coefficient (Wildman–Crippen LogP) is 4.03. The van der Waals surface area contributed by atoms with Gasteiger partial charge in [-0.15, -0.1) is 0 Å². The smallest absolute Gasteiger partial charge is 0.416 e. The summed E-state index contributed by atoms with van der Waals surface area (Å²) in [5, 5.41) is 0. The number of rotatable bonds is 2. The normalized spacial score (nSPS) is 17.6. The topological polar surface area (TPSA) is 38.8 Å². The molecule has 1 aliphatic rings. The minimum Gasteiger partial charge on any atom is -0.493 e. The number of ether oxygens (including phenoxy) is 2. The average molecular weight is 351 g/mol. The molecule has 0 spiro atoms. The maximum Gasteiger partial charge on any atom is 0.416 e. The molecule has 0 aliphatic carbocycles. The van der Waals surface area contributed by atoms with Gasteiger partial charge in [-0.25, -0.2) is 0 Å². The third-order valence-electron chi connectivity index (χ3n) is 4.00. The second kappa shape index (κ2) is 6.31. The van der Waals surface area contributed by atoms with Gasteiger partial charge in [0.2, 0.25) is 0 Å². The summed E-state index contributed by atoms with van der Waals surface area (Å²) in [6.07, 6.45) is -5.33. The molecule has 7 heteroatoms. The van der Waals surface area contributed by atoms with Crippen LogP contribution in [0.5, 0.6) is 11.5 Å². The highest BCUT2D eigenvalue weighted by Crippen LogP contribution is 2.37. The van der Waals surface area contributed by atoms with Crippen molar-refractivity contribution in [3.8, 4) is 11.5 Å². The number of benzene rings is 2. The lowest BCUT2D eigenvalue weighted by Crippen LogP contribution is -2.38. The fraction of sp³-hybridized carbons (Fsp3) is 0.278. The molecule has 0 saturated carbocycles. The summed E-state index contributed by atoms with van der Waals surface area (Å²) in [6, 6.07) is 9.91. The van der Waals surface area contributed by atoms with Gasteiger partial charge in [0.15, 0.2) is 17.6 Å². The van der Waals surface area contributed by atoms with Crippen LogP contribution in [-0.4, -0.2) is 19.1 Å². The van der Waals surface area contributed by atoms with E-state index in [1.54, 1.807) is 25.1 Å². The van der Waals surface area contributed by atoms with Gasteiger partial charge in [-0.2, -0.15) is 13.2 Å². The zero-order valence-electron chi connectivity index (χ0n) is 13.6. The van der Waals surface area contributed by atoms with E-state index in [2.05, 4.69) is 0 Å². The van der Waals surface area contributed by atoms with Crippen LogP contribution in [0.15, 0.2) is 42.5 Å². The van der Waals surface area contributed by atoms with Crippen molar-refractivity contribution in [2.45, 2.75) is 25.7 Å². The van der Waals surface area contributed by atoms with Gasteiger partial charge >= 0.3 is 6.18 Å². The molecule has 132 valence electrons. The first kappa shape index (κ1) is 17.1. The summed E-state index contributed by atoms with van der Waals surface area (Å²) >= 11 is 0. The van der Waals surface area contributed by atoms with E-state index in [-0.39, 0.29) is 12.2 Å². The maximum absolute atomic E-state index is 13.0. The van der Waals surface area contributed by atoms with E-state index in [4.69, 9.17) is 9.47 Å². The van der Waals surface area contributed by atoms with Crippen LogP contribution in [-0.2, 0) is 17.5 Å². The highest BCUT2D eigenvalue weighted by atomic mass is 19.4. The number of para-hydroxylation sites is 1. The van der Waals surface area contributed by atoms with Crippen LogP contribution in [0.3, 0.4) is 0 Å². The van der Waals surface area contributed by atoms with E-state index < -0.39 is 23.8 Å². The molecule has 2 aromatic rings. The fourth-order valence-corrected chi connectivity index (χ4v) is 2.74. The molecule has 1 atom stereocenters. The third kappa shape index (κ3) is 3.26. The zero-order valence-corrected chi connectivity index (χ0v) is 13.6. The Balaban J connectivity index is 2.05. The maximum atomic E-state index is 13.0. The van der Waals surface area contributed by atoms with Crippen LogP contribution in [0.1, 0.15) is 18.1 Å². The first-order valence-electron chi connectivity index (χ1n) is 7.62. The average Bonchev–Trinajstić information content (AvgIpc) is 2.71. The van der Waals surface area contributed by atoms with E-state index in [1.165, 1.54) is 24.1 Å². The molecule has 0 bridgehead atoms. The molecule has 0 saturated heterocycles. The van der Waals surface area contributed by atoms with Gasteiger partial charge in [0.1, 0.15) is 0 Å². The van der Waals surface area contributed by atoms with Gasteiger partial charge in [-0.3, -0.25) is 4.79 Å². The fourth-order valence-electron chi connectivity index (χ4n) is 2.74. The van der Waals surface area contributed by atoms with Crippen LogP contribution in [0.4, 0.5) is 18.9 Å². The van der Waals surface area contributed by atoms with Crippen LogP contribution >= 0.6 is 0 Å². The molecule has 1 aliphatic heterocycles. The first-order valence-corrected chi connectivity index (χ1v) is 7.62. The Labute approximate surface area is 142 Å². The number of fused-ring (bicyclic) bond motifs is 1. The van der Waals surface area contributed by atoms with Crippen molar-refractivity contribution in [3.05, 3.63) is 53.6 Å². The minimum atomic E-state index is -4.48. The first-order chi connectivity index (χ1) is 11.8. The molecular weight excluding hydrogens is 335 g/mol. The number of amides is 1. The summed E-state index contributed by atoms with van der Waals surface area (Å²) in [4.78, 5) is 14.0. The number of carbonyl (C=O) groups excluding carboxylic acids is 1. The Bertz CT molecular complexity index is 804. The number of hydrogen-bond acceptors (Lipinski definition) is 3. The SMILES string of the molecule is COc1cccc2c1O[C@H](C)C(=O)N(c1cccc(C(F)(F)F)c1)C2. The molecule has 4 nitrogen and oxygen atoms in total. The van der Waals surface area contributed by atoms with Gasteiger partial charge in [0.05, 0.1) is 19.2 Å². The summed E-state index contributed by atoms with van der Waals surface area (Å²) in [6.45, 7) is 1.65. The van der Waals surface area contributed by atoms with Gasteiger partial charge in [-0.05, 0) is 31.2 Å². The Hall–Kier alpha value is -2.70. The molecule has 2 aromatic carbocycles. The number of anilines is 1. The van der Waals surface area contributed by atoms with E-state index >= 15 is 0 Å². The second-order valence-corrected chi connectivity index (χ2v) is 5.68. The van der Waals surface area contributed by atoms with Gasteiger partial charge < -0.3 is 14.4 Å². The van der Waals surface area contributed by atoms with Crippen molar-refractivity contribution in [2.24, 2.45) is 0 Å². The number of alkyl halides is 3. The quantitative estimate of drug-likeness (QED) is 0.820. The summed E-state index contributed by atoms with van der Waals surface area (Å²) in [5.41, 5.74) is 0.0295. The molecular formula is C18H16F3NO3. The molecule has 1 heterocycles. The molecule has 0 unspecified atom stereocenters. The number of methoxy groups -OCH3 is 1. The molecule has 25 heavy (non-hydrogen) atoms. The number of carbonyl (C=O) groups is 1. The molecule has 0 N–H and O–H groups in total. The van der Waals surface area contributed by atoms with Crippen molar-refractivity contribution < 1.29 is 27.4 Å². The Kier molecular flexibility index (Phi) is 4.32. The summed E-state index contributed by atoms with van der Waals surface area (Å²) in [7, 11) is 1.49. The van der Waals surface area contributed by atoms with Crippen molar-refractivity contribution in [1.82, 2.24) is 0 Å². The molecule has 0 fully saturated rings. The summed E-state index contributed by atoms with van der Waals surface area (Å²) < 4.78 is 49.9. The molecule has 0 radical (unpaired) electrons. The monoisotopic (exact) mass is 351 g/mol. The highest BCUT2D eigenvalue weighted by Gasteiger charge is 2.34. The zero-order chi connectivity index (χ0) is 18.2. The van der Waals surface area contributed by atoms with Gasteiger partial charge in [0.25, 0.3) is 5.91 Å². The predicted molar refractivity (Wildman–Crippen MR) is 85.7 cm³/mol. The lowest BCUT2D eigenvalue weighted by Gasteiger charge is -2.23. The minimum absolute atomic E-state index is 0.0943. The second-order valence-electron chi connectivity index (χ2n) is 5.68. The van der Waals surface area contributed by atoms with E-state index in [1.807, 2.05) is 0 Å². The molecule has 3 rings (SSSR count). The van der Waals surface area contributed by atoms with Gasteiger partial charge in [-0.1, -0.05) is 18.2 Å². The summed E-state index contributed by atoms with van der Waals surface area (Å²) in [5.74, 6) is 0.487. The van der Waals surface area contributed by atoms with Crippen molar-refractivity contribution in [3.63, 3.8) is 0 Å². The number of halogens is 3. The third-order valence-corrected chi connectivity index (χ3v) is 4.00.